The first kappa shape index (κ1) is 11.4. The van der Waals surface area contributed by atoms with Gasteiger partial charge in [-0.1, -0.05) is 15.9 Å². The molecular formula is C10H6BrNO3. The van der Waals surface area contributed by atoms with Gasteiger partial charge < -0.3 is 5.11 Å². The smallest absolute Gasteiger partial charge is 0.307 e. The lowest BCUT2D eigenvalue weighted by molar-refractivity contribution is -0.136. The van der Waals surface area contributed by atoms with Crippen molar-refractivity contribution in [2.24, 2.45) is 0 Å². The Morgan fingerprint density at radius 1 is 1.60 bits per heavy atom. The van der Waals surface area contributed by atoms with Gasteiger partial charge in [0.1, 0.15) is 0 Å². The number of hydrogen-bond donors (Lipinski definition) is 1. The fraction of sp³-hybridized carbons (Fsp3) is 0.100. The van der Waals surface area contributed by atoms with Crippen molar-refractivity contribution in [3.05, 3.63) is 33.3 Å². The van der Waals surface area contributed by atoms with Gasteiger partial charge in [0.2, 0.25) is 0 Å². The van der Waals surface area contributed by atoms with Crippen LogP contribution >= 0.6 is 15.9 Å². The molecule has 1 N–H and O–H groups in total. The average Bonchev–Trinajstić information content (AvgIpc) is 2.15. The van der Waals surface area contributed by atoms with Crippen molar-refractivity contribution in [3.63, 3.8) is 0 Å². The molecule has 0 radical (unpaired) electrons. The quantitative estimate of drug-likeness (QED) is 0.847. The number of carbonyl (C=O) groups excluding carboxylic acids is 1. The lowest BCUT2D eigenvalue weighted by Gasteiger charge is -2.03. The summed E-state index contributed by atoms with van der Waals surface area (Å²) in [6.45, 7) is 0. The van der Waals surface area contributed by atoms with Crippen LogP contribution in [0.4, 0.5) is 0 Å². The molecule has 0 saturated heterocycles. The Hall–Kier alpha value is -1.67. The second kappa shape index (κ2) is 4.71. The summed E-state index contributed by atoms with van der Waals surface area (Å²) >= 11 is 3.11. The molecule has 5 heteroatoms. The second-order valence-electron chi connectivity index (χ2n) is 2.84. The second-order valence-corrected chi connectivity index (χ2v) is 3.69. The van der Waals surface area contributed by atoms with Crippen molar-refractivity contribution in [1.29, 1.82) is 5.26 Å². The third-order valence-corrected chi connectivity index (χ3v) is 2.44. The fourth-order valence-electron chi connectivity index (χ4n) is 1.16. The van der Waals surface area contributed by atoms with Crippen LogP contribution in [0.25, 0.3) is 0 Å². The highest BCUT2D eigenvalue weighted by Crippen LogP contribution is 2.21. The summed E-state index contributed by atoms with van der Waals surface area (Å²) in [4.78, 5) is 21.1. The number of hydrogen-bond acceptors (Lipinski definition) is 3. The molecule has 1 rings (SSSR count). The van der Waals surface area contributed by atoms with E-state index in [4.69, 9.17) is 10.4 Å². The number of halogens is 1. The lowest BCUT2D eigenvalue weighted by atomic mass is 10.0. The van der Waals surface area contributed by atoms with Crippen molar-refractivity contribution < 1.29 is 14.7 Å². The molecule has 4 nitrogen and oxygen atoms in total. The zero-order valence-corrected chi connectivity index (χ0v) is 9.11. The number of aldehydes is 1. The minimum atomic E-state index is -0.982. The van der Waals surface area contributed by atoms with E-state index in [-0.39, 0.29) is 17.5 Å². The van der Waals surface area contributed by atoms with Gasteiger partial charge in [0, 0.05) is 10.0 Å². The SMILES string of the molecule is N#Cc1cc(CC(=O)O)cc(Br)c1C=O. The molecule has 0 aliphatic heterocycles. The Labute approximate surface area is 94.3 Å². The molecule has 0 saturated carbocycles. The average molecular weight is 268 g/mol. The minimum Gasteiger partial charge on any atom is -0.481 e. The Morgan fingerprint density at radius 3 is 2.73 bits per heavy atom. The van der Waals surface area contributed by atoms with E-state index in [0.717, 1.165) is 0 Å². The third-order valence-electron chi connectivity index (χ3n) is 1.78. The summed E-state index contributed by atoms with van der Waals surface area (Å²) in [5.41, 5.74) is 0.902. The molecular weight excluding hydrogens is 262 g/mol. The molecule has 0 amide bonds. The van der Waals surface area contributed by atoms with E-state index in [1.165, 1.54) is 12.1 Å². The molecule has 0 aliphatic carbocycles. The van der Waals surface area contributed by atoms with Crippen LogP contribution in [0, 0.1) is 11.3 Å². The van der Waals surface area contributed by atoms with Crippen LogP contribution in [0.15, 0.2) is 16.6 Å². The Bertz CT molecular complexity index is 462. The number of rotatable bonds is 3. The van der Waals surface area contributed by atoms with Gasteiger partial charge in [0.15, 0.2) is 6.29 Å². The molecule has 1 aromatic rings. The molecule has 0 unspecified atom stereocenters. The first-order valence-corrected chi connectivity index (χ1v) is 4.77. The summed E-state index contributed by atoms with van der Waals surface area (Å²) in [6, 6.07) is 4.78. The molecule has 76 valence electrons. The number of benzene rings is 1. The predicted molar refractivity (Wildman–Crippen MR) is 55.6 cm³/mol. The van der Waals surface area contributed by atoms with Crippen molar-refractivity contribution in [2.45, 2.75) is 6.42 Å². The Kier molecular flexibility index (Phi) is 3.58. The largest absolute Gasteiger partial charge is 0.481 e. The van der Waals surface area contributed by atoms with Crippen LogP contribution in [0.5, 0.6) is 0 Å². The van der Waals surface area contributed by atoms with Gasteiger partial charge in [-0.3, -0.25) is 9.59 Å². The first-order chi connectivity index (χ1) is 7.08. The van der Waals surface area contributed by atoms with Crippen molar-refractivity contribution in [2.75, 3.05) is 0 Å². The highest BCUT2D eigenvalue weighted by molar-refractivity contribution is 9.10. The summed E-state index contributed by atoms with van der Waals surface area (Å²) in [5, 5.41) is 17.3. The van der Waals surface area contributed by atoms with Crippen molar-refractivity contribution in [3.8, 4) is 6.07 Å². The number of carboxylic acid groups (broad SMARTS) is 1. The van der Waals surface area contributed by atoms with E-state index in [1.807, 2.05) is 6.07 Å². The number of nitriles is 1. The number of carboxylic acids is 1. The topological polar surface area (TPSA) is 78.2 Å². The van der Waals surface area contributed by atoms with Crippen LogP contribution in [0.1, 0.15) is 21.5 Å². The Balaban J connectivity index is 3.27. The van der Waals surface area contributed by atoms with E-state index < -0.39 is 5.97 Å². The van der Waals surface area contributed by atoms with Gasteiger partial charge in [0.25, 0.3) is 0 Å². The first-order valence-electron chi connectivity index (χ1n) is 3.98. The number of nitrogens with zero attached hydrogens (tertiary/aromatic N) is 1. The lowest BCUT2D eigenvalue weighted by Crippen LogP contribution is -2.02. The Morgan fingerprint density at radius 2 is 2.27 bits per heavy atom. The van der Waals surface area contributed by atoms with Gasteiger partial charge in [-0.25, -0.2) is 0 Å². The molecule has 15 heavy (non-hydrogen) atoms. The molecule has 0 atom stereocenters. The normalized spacial score (nSPS) is 9.33. The van der Waals surface area contributed by atoms with Crippen LogP contribution in [0.2, 0.25) is 0 Å². The molecule has 0 aromatic heterocycles. The van der Waals surface area contributed by atoms with E-state index >= 15 is 0 Å². The van der Waals surface area contributed by atoms with Crippen molar-refractivity contribution in [1.82, 2.24) is 0 Å². The zero-order valence-electron chi connectivity index (χ0n) is 7.53. The summed E-state index contributed by atoms with van der Waals surface area (Å²) < 4.78 is 0.438. The van der Waals surface area contributed by atoms with E-state index in [1.54, 1.807) is 0 Å². The maximum absolute atomic E-state index is 10.6. The standard InChI is InChI=1S/C10H6BrNO3/c11-9-2-6(3-10(14)15)1-7(4-12)8(9)5-13/h1-2,5H,3H2,(H,14,15). The predicted octanol–water partition coefficient (Wildman–Crippen LogP) is 1.76. The third kappa shape index (κ3) is 2.64. The minimum absolute atomic E-state index is 0.174. The van der Waals surface area contributed by atoms with Crippen LogP contribution in [0.3, 0.4) is 0 Å². The zero-order chi connectivity index (χ0) is 11.4. The molecule has 1 aromatic carbocycles. The van der Waals surface area contributed by atoms with Crippen molar-refractivity contribution >= 4 is 28.2 Å². The number of carbonyl (C=O) groups is 2. The maximum Gasteiger partial charge on any atom is 0.307 e. The summed E-state index contributed by atoms with van der Waals surface area (Å²) in [7, 11) is 0. The van der Waals surface area contributed by atoms with Crippen LogP contribution in [-0.4, -0.2) is 17.4 Å². The molecule has 0 bridgehead atoms. The maximum atomic E-state index is 10.6. The van der Waals surface area contributed by atoms with Gasteiger partial charge in [-0.2, -0.15) is 5.26 Å². The molecule has 0 fully saturated rings. The molecule has 0 heterocycles. The monoisotopic (exact) mass is 267 g/mol. The molecule has 0 spiro atoms. The van der Waals surface area contributed by atoms with E-state index in [9.17, 15) is 9.59 Å². The summed E-state index contributed by atoms with van der Waals surface area (Å²) in [6.07, 6.45) is 0.388. The molecule has 0 aliphatic rings. The highest BCUT2D eigenvalue weighted by Gasteiger charge is 2.10. The van der Waals surface area contributed by atoms with Crippen LogP contribution < -0.4 is 0 Å². The van der Waals surface area contributed by atoms with Gasteiger partial charge >= 0.3 is 5.97 Å². The van der Waals surface area contributed by atoms with Gasteiger partial charge in [-0.05, 0) is 17.7 Å². The van der Waals surface area contributed by atoms with Crippen LogP contribution in [-0.2, 0) is 11.2 Å². The fourth-order valence-corrected chi connectivity index (χ4v) is 1.76. The van der Waals surface area contributed by atoms with Gasteiger partial charge in [-0.15, -0.1) is 0 Å². The van der Waals surface area contributed by atoms with E-state index in [2.05, 4.69) is 15.9 Å². The number of aliphatic carboxylic acids is 1. The van der Waals surface area contributed by atoms with E-state index in [0.29, 0.717) is 16.3 Å². The summed E-state index contributed by atoms with van der Waals surface area (Å²) in [5.74, 6) is -0.982. The van der Waals surface area contributed by atoms with Gasteiger partial charge in [0.05, 0.1) is 18.1 Å². The highest BCUT2D eigenvalue weighted by atomic mass is 79.9.